The van der Waals surface area contributed by atoms with Crippen molar-refractivity contribution in [2.24, 2.45) is 7.05 Å². The van der Waals surface area contributed by atoms with Gasteiger partial charge in [-0.05, 0) is 38.3 Å². The molecule has 2 atom stereocenters. The van der Waals surface area contributed by atoms with Crippen molar-refractivity contribution in [3.8, 4) is 11.3 Å². The molecule has 2 aliphatic rings. The largest absolute Gasteiger partial charge is 0.334 e. The van der Waals surface area contributed by atoms with Crippen LogP contribution in [0.1, 0.15) is 26.2 Å². The quantitative estimate of drug-likeness (QED) is 0.496. The Morgan fingerprint density at radius 1 is 1.22 bits per heavy atom. The summed E-state index contributed by atoms with van der Waals surface area (Å²) >= 11 is 6.77. The van der Waals surface area contributed by atoms with Gasteiger partial charge in [-0.3, -0.25) is 19.1 Å². The molecule has 2 unspecified atom stereocenters. The maximum atomic E-state index is 13.6. The van der Waals surface area contributed by atoms with Crippen LogP contribution >= 0.6 is 11.6 Å². The molecule has 9 nitrogen and oxygen atoms in total. The minimum atomic E-state index is -0.120. The van der Waals surface area contributed by atoms with E-state index in [0.717, 1.165) is 48.9 Å². The third-order valence-corrected chi connectivity index (χ3v) is 7.30. The second kappa shape index (κ2) is 7.31. The summed E-state index contributed by atoms with van der Waals surface area (Å²) < 4.78 is 3.52. The van der Waals surface area contributed by atoms with Crippen LogP contribution in [-0.4, -0.2) is 54.7 Å². The number of piperazine rings is 1. The Labute approximate surface area is 189 Å². The number of anilines is 1. The third kappa shape index (κ3) is 2.80. The number of aromatic nitrogens is 6. The number of nitrogens with zero attached hydrogens (tertiary/aromatic N) is 6. The molecule has 5 heterocycles. The molecule has 0 amide bonds. The molecule has 2 bridgehead atoms. The van der Waals surface area contributed by atoms with E-state index in [1.54, 1.807) is 11.6 Å². The van der Waals surface area contributed by atoms with Gasteiger partial charge in [0.15, 0.2) is 5.65 Å². The SMILES string of the molecule is CCn1cc2c(Cl)c(-c3[nH]nc4nc(N5C6CCCC5CNC6)n(C)c(=O)c34)ccc2n1. The van der Waals surface area contributed by atoms with Crippen molar-refractivity contribution in [3.63, 3.8) is 0 Å². The van der Waals surface area contributed by atoms with Crippen molar-refractivity contribution in [1.29, 1.82) is 0 Å². The van der Waals surface area contributed by atoms with Gasteiger partial charge in [-0.2, -0.15) is 15.2 Å². The molecule has 2 fully saturated rings. The van der Waals surface area contributed by atoms with Gasteiger partial charge in [-0.25, -0.2) is 0 Å². The fourth-order valence-corrected chi connectivity index (χ4v) is 5.55. The lowest BCUT2D eigenvalue weighted by Crippen LogP contribution is -2.61. The fourth-order valence-electron chi connectivity index (χ4n) is 5.24. The highest BCUT2D eigenvalue weighted by Crippen LogP contribution is 2.36. The number of hydrogen-bond acceptors (Lipinski definition) is 6. The number of halogens is 1. The van der Waals surface area contributed by atoms with Crippen LogP contribution in [-0.2, 0) is 13.6 Å². The van der Waals surface area contributed by atoms with Gasteiger partial charge in [0.25, 0.3) is 5.56 Å². The van der Waals surface area contributed by atoms with E-state index in [1.807, 2.05) is 29.9 Å². The zero-order valence-corrected chi connectivity index (χ0v) is 18.9. The zero-order valence-electron chi connectivity index (χ0n) is 18.1. The molecule has 0 aliphatic carbocycles. The number of H-pyrrole nitrogens is 1. The Hall–Kier alpha value is -2.91. The molecule has 0 saturated carbocycles. The van der Waals surface area contributed by atoms with Gasteiger partial charge in [-0.1, -0.05) is 11.6 Å². The average Bonchev–Trinajstić information content (AvgIpc) is 3.40. The van der Waals surface area contributed by atoms with E-state index in [0.29, 0.717) is 39.8 Å². The van der Waals surface area contributed by atoms with E-state index in [4.69, 9.17) is 16.6 Å². The number of hydrogen-bond donors (Lipinski definition) is 2. The highest BCUT2D eigenvalue weighted by atomic mass is 35.5. The molecule has 0 radical (unpaired) electrons. The van der Waals surface area contributed by atoms with Crippen molar-refractivity contribution in [3.05, 3.63) is 33.7 Å². The van der Waals surface area contributed by atoms with E-state index in [1.165, 1.54) is 6.42 Å². The maximum Gasteiger partial charge on any atom is 0.266 e. The van der Waals surface area contributed by atoms with E-state index in [2.05, 4.69) is 25.5 Å². The van der Waals surface area contributed by atoms with Crippen LogP contribution in [0.2, 0.25) is 5.02 Å². The predicted molar refractivity (Wildman–Crippen MR) is 125 cm³/mol. The summed E-state index contributed by atoms with van der Waals surface area (Å²) in [7, 11) is 1.80. The number of nitrogens with one attached hydrogen (secondary N) is 2. The molecule has 2 aliphatic heterocycles. The Kier molecular flexibility index (Phi) is 4.51. The number of piperidine rings is 1. The van der Waals surface area contributed by atoms with Crippen LogP contribution in [0.5, 0.6) is 0 Å². The lowest BCUT2D eigenvalue weighted by atomic mass is 9.93. The monoisotopic (exact) mass is 452 g/mol. The third-order valence-electron chi connectivity index (χ3n) is 6.89. The Morgan fingerprint density at radius 2 is 2.00 bits per heavy atom. The zero-order chi connectivity index (χ0) is 22.0. The van der Waals surface area contributed by atoms with Gasteiger partial charge in [0, 0.05) is 55.9 Å². The minimum Gasteiger partial charge on any atom is -0.334 e. The van der Waals surface area contributed by atoms with E-state index < -0.39 is 0 Å². The first-order valence-electron chi connectivity index (χ1n) is 11.2. The van der Waals surface area contributed by atoms with Crippen LogP contribution in [0.3, 0.4) is 0 Å². The maximum absolute atomic E-state index is 13.6. The van der Waals surface area contributed by atoms with Crippen LogP contribution in [0.15, 0.2) is 23.1 Å². The first-order valence-corrected chi connectivity index (χ1v) is 11.5. The minimum absolute atomic E-state index is 0.120. The molecular weight excluding hydrogens is 428 g/mol. The van der Waals surface area contributed by atoms with Crippen LogP contribution < -0.4 is 15.8 Å². The van der Waals surface area contributed by atoms with E-state index in [-0.39, 0.29) is 5.56 Å². The van der Waals surface area contributed by atoms with Crippen LogP contribution in [0.25, 0.3) is 33.2 Å². The normalized spacial score (nSPS) is 21.0. The van der Waals surface area contributed by atoms with Crippen LogP contribution in [0.4, 0.5) is 5.95 Å². The number of benzene rings is 1. The molecule has 0 spiro atoms. The number of rotatable bonds is 3. The summed E-state index contributed by atoms with van der Waals surface area (Å²) in [5.74, 6) is 0.697. The first-order chi connectivity index (χ1) is 15.6. The molecule has 166 valence electrons. The molecular formula is C22H25ClN8O. The molecule has 2 N–H and O–H groups in total. The van der Waals surface area contributed by atoms with Crippen molar-refractivity contribution in [2.45, 2.75) is 44.8 Å². The predicted octanol–water partition coefficient (Wildman–Crippen LogP) is 2.68. The highest BCUT2D eigenvalue weighted by molar-refractivity contribution is 6.38. The first kappa shape index (κ1) is 19.8. The van der Waals surface area contributed by atoms with Crippen LogP contribution in [0, 0.1) is 0 Å². The van der Waals surface area contributed by atoms with Crippen molar-refractivity contribution >= 4 is 39.5 Å². The van der Waals surface area contributed by atoms with Gasteiger partial charge in [0.1, 0.15) is 5.39 Å². The lowest BCUT2D eigenvalue weighted by Gasteiger charge is -2.47. The highest BCUT2D eigenvalue weighted by Gasteiger charge is 2.36. The standard InChI is InChI=1S/C22H25ClN8O/c1-3-30-11-15-16(28-30)8-7-14(18(15)23)19-17-20(27-26-19)25-22(29(2)21(17)32)31-12-5-4-6-13(31)10-24-9-12/h7-8,11-13,24H,3-6,9-10H2,1-2H3,(H,26,27). The fraction of sp³-hybridized carbons (Fsp3) is 0.455. The molecule has 1 aromatic carbocycles. The summed E-state index contributed by atoms with van der Waals surface area (Å²) in [6.07, 6.45) is 5.35. The summed E-state index contributed by atoms with van der Waals surface area (Å²) in [6, 6.07) is 4.51. The Bertz CT molecular complexity index is 1380. The Morgan fingerprint density at radius 3 is 2.75 bits per heavy atom. The second-order valence-corrected chi connectivity index (χ2v) is 9.10. The van der Waals surface area contributed by atoms with Gasteiger partial charge >= 0.3 is 0 Å². The molecule has 4 aromatic rings. The molecule has 10 heteroatoms. The van der Waals surface area contributed by atoms with E-state index >= 15 is 0 Å². The lowest BCUT2D eigenvalue weighted by molar-refractivity contribution is 0.305. The van der Waals surface area contributed by atoms with E-state index in [9.17, 15) is 4.79 Å². The molecule has 32 heavy (non-hydrogen) atoms. The number of fused-ring (bicyclic) bond motifs is 4. The number of aryl methyl sites for hydroxylation is 1. The summed E-state index contributed by atoms with van der Waals surface area (Å²) in [5.41, 5.74) is 2.45. The molecule has 3 aromatic heterocycles. The Balaban J connectivity index is 1.51. The van der Waals surface area contributed by atoms with Crippen molar-refractivity contribution < 1.29 is 0 Å². The number of aromatic amines is 1. The van der Waals surface area contributed by atoms with Crippen molar-refractivity contribution in [2.75, 3.05) is 18.0 Å². The summed E-state index contributed by atoms with van der Waals surface area (Å²) in [5, 5.41) is 17.3. The average molecular weight is 453 g/mol. The topological polar surface area (TPSA) is 96.7 Å². The van der Waals surface area contributed by atoms with Gasteiger partial charge in [-0.15, -0.1) is 0 Å². The van der Waals surface area contributed by atoms with Gasteiger partial charge in [0.2, 0.25) is 5.95 Å². The molecule has 2 saturated heterocycles. The van der Waals surface area contributed by atoms with Crippen molar-refractivity contribution in [1.82, 2.24) is 34.8 Å². The van der Waals surface area contributed by atoms with Gasteiger partial charge in [0.05, 0.1) is 16.2 Å². The summed E-state index contributed by atoms with van der Waals surface area (Å²) in [4.78, 5) is 20.7. The molecule has 6 rings (SSSR count). The summed E-state index contributed by atoms with van der Waals surface area (Å²) in [6.45, 7) is 4.62. The van der Waals surface area contributed by atoms with Gasteiger partial charge < -0.3 is 10.2 Å². The second-order valence-electron chi connectivity index (χ2n) is 8.72. The smallest absolute Gasteiger partial charge is 0.266 e.